The molecule has 1 aliphatic carbocycles. The number of fused-ring (bicyclic) bond motifs is 1. The predicted molar refractivity (Wildman–Crippen MR) is 103 cm³/mol. The molecule has 132 valence electrons. The summed E-state index contributed by atoms with van der Waals surface area (Å²) in [7, 11) is 2.02. The molecule has 1 amide bonds. The van der Waals surface area contributed by atoms with Gasteiger partial charge in [0.2, 0.25) is 5.91 Å². The molecule has 4 heteroatoms. The summed E-state index contributed by atoms with van der Waals surface area (Å²) in [6.45, 7) is 4.18. The van der Waals surface area contributed by atoms with E-state index in [1.807, 2.05) is 13.1 Å². The van der Waals surface area contributed by atoms with Crippen molar-refractivity contribution in [1.82, 2.24) is 10.6 Å². The summed E-state index contributed by atoms with van der Waals surface area (Å²) >= 11 is 6.20. The molecule has 0 heterocycles. The van der Waals surface area contributed by atoms with Gasteiger partial charge in [0.15, 0.2) is 0 Å². The van der Waals surface area contributed by atoms with E-state index in [1.54, 1.807) is 6.92 Å². The molecule has 0 aromatic heterocycles. The van der Waals surface area contributed by atoms with Crippen LogP contribution in [0.3, 0.4) is 0 Å². The van der Waals surface area contributed by atoms with Crippen LogP contribution in [0.25, 0.3) is 0 Å². The fourth-order valence-electron chi connectivity index (χ4n) is 3.75. The van der Waals surface area contributed by atoms with Crippen LogP contribution in [0.2, 0.25) is 5.02 Å². The highest BCUT2D eigenvalue weighted by molar-refractivity contribution is 6.31. The third-order valence-electron chi connectivity index (χ3n) is 5.12. The minimum Gasteiger partial charge on any atom is -0.352 e. The quantitative estimate of drug-likeness (QED) is 0.848. The number of hydrogen-bond acceptors (Lipinski definition) is 2. The molecule has 0 fully saturated rings. The lowest BCUT2D eigenvalue weighted by Crippen LogP contribution is -2.25. The van der Waals surface area contributed by atoms with Gasteiger partial charge in [0.1, 0.15) is 0 Å². The Hall–Kier alpha value is -1.84. The topological polar surface area (TPSA) is 41.1 Å². The first-order valence-corrected chi connectivity index (χ1v) is 9.18. The summed E-state index contributed by atoms with van der Waals surface area (Å²) in [5.74, 6) is 0.391. The molecule has 3 rings (SSSR count). The van der Waals surface area contributed by atoms with Gasteiger partial charge in [-0.15, -0.1) is 0 Å². The van der Waals surface area contributed by atoms with Gasteiger partial charge < -0.3 is 10.6 Å². The molecule has 0 unspecified atom stereocenters. The van der Waals surface area contributed by atoms with Gasteiger partial charge in [0.25, 0.3) is 0 Å². The van der Waals surface area contributed by atoms with Crippen LogP contribution in [0.1, 0.15) is 59.5 Å². The number of carbonyl (C=O) groups is 1. The van der Waals surface area contributed by atoms with Crippen LogP contribution in [0.4, 0.5) is 0 Å². The summed E-state index contributed by atoms with van der Waals surface area (Å²) in [5.41, 5.74) is 6.31. The van der Waals surface area contributed by atoms with Gasteiger partial charge in [-0.25, -0.2) is 0 Å². The van der Waals surface area contributed by atoms with Crippen molar-refractivity contribution in [2.24, 2.45) is 0 Å². The number of benzene rings is 2. The predicted octanol–water partition coefficient (Wildman–Crippen LogP) is 4.47. The first-order valence-electron chi connectivity index (χ1n) is 8.80. The normalized spacial score (nSPS) is 19.4. The molecular formula is C21H25ClN2O. The van der Waals surface area contributed by atoms with Gasteiger partial charge in [0, 0.05) is 30.5 Å². The molecule has 1 aliphatic rings. The maximum Gasteiger partial charge on any atom is 0.217 e. The fourth-order valence-corrected chi connectivity index (χ4v) is 3.87. The van der Waals surface area contributed by atoms with Crippen LogP contribution >= 0.6 is 11.6 Å². The molecule has 25 heavy (non-hydrogen) atoms. The average molecular weight is 357 g/mol. The first-order chi connectivity index (χ1) is 12.0. The van der Waals surface area contributed by atoms with Crippen molar-refractivity contribution in [1.29, 1.82) is 0 Å². The number of carbonyl (C=O) groups excluding carboxylic acids is 1. The van der Waals surface area contributed by atoms with E-state index in [9.17, 15) is 4.79 Å². The molecule has 2 aromatic carbocycles. The van der Waals surface area contributed by atoms with Gasteiger partial charge in [-0.1, -0.05) is 41.9 Å². The zero-order valence-electron chi connectivity index (χ0n) is 15.0. The third-order valence-corrected chi connectivity index (χ3v) is 5.54. The Bertz CT molecular complexity index is 787. The molecule has 0 saturated carbocycles. The Kier molecular flexibility index (Phi) is 5.45. The van der Waals surface area contributed by atoms with Crippen molar-refractivity contribution in [3.05, 3.63) is 69.2 Å². The smallest absolute Gasteiger partial charge is 0.217 e. The van der Waals surface area contributed by atoms with Gasteiger partial charge in [-0.3, -0.25) is 4.79 Å². The van der Waals surface area contributed by atoms with E-state index in [1.165, 1.54) is 16.7 Å². The van der Waals surface area contributed by atoms with E-state index in [4.69, 9.17) is 11.6 Å². The average Bonchev–Trinajstić information content (AvgIpc) is 2.61. The van der Waals surface area contributed by atoms with Crippen LogP contribution in [0.5, 0.6) is 0 Å². The summed E-state index contributed by atoms with van der Waals surface area (Å²) in [4.78, 5) is 11.2. The Morgan fingerprint density at radius 3 is 2.64 bits per heavy atom. The molecule has 0 spiro atoms. The number of hydrogen-bond donors (Lipinski definition) is 2. The van der Waals surface area contributed by atoms with Crippen molar-refractivity contribution in [2.45, 2.75) is 45.2 Å². The molecular weight excluding hydrogens is 332 g/mol. The van der Waals surface area contributed by atoms with E-state index in [2.05, 4.69) is 47.9 Å². The lowest BCUT2D eigenvalue weighted by Gasteiger charge is -2.32. The highest BCUT2D eigenvalue weighted by atomic mass is 35.5. The fraction of sp³-hybridized carbons (Fsp3) is 0.381. The van der Waals surface area contributed by atoms with Crippen molar-refractivity contribution < 1.29 is 4.79 Å². The van der Waals surface area contributed by atoms with Gasteiger partial charge in [0.05, 0.1) is 0 Å². The van der Waals surface area contributed by atoms with Gasteiger partial charge >= 0.3 is 0 Å². The molecule has 2 atom stereocenters. The van der Waals surface area contributed by atoms with Crippen molar-refractivity contribution in [3.8, 4) is 0 Å². The second-order valence-corrected chi connectivity index (χ2v) is 7.26. The molecule has 2 aromatic rings. The molecule has 0 saturated heterocycles. The van der Waals surface area contributed by atoms with E-state index in [-0.39, 0.29) is 5.91 Å². The molecule has 0 radical (unpaired) electrons. The zero-order chi connectivity index (χ0) is 18.0. The summed E-state index contributed by atoms with van der Waals surface area (Å²) in [6.07, 6.45) is 2.21. The maximum atomic E-state index is 11.2. The van der Waals surface area contributed by atoms with Gasteiger partial charge in [-0.05, 0) is 60.7 Å². The number of aryl methyl sites for hydroxylation is 1. The Balaban J connectivity index is 1.97. The largest absolute Gasteiger partial charge is 0.352 e. The minimum atomic E-state index is -0.00240. The van der Waals surface area contributed by atoms with E-state index < -0.39 is 0 Å². The number of rotatable bonds is 4. The first kappa shape index (κ1) is 18.0. The highest BCUT2D eigenvalue weighted by Gasteiger charge is 2.27. The molecule has 0 bridgehead atoms. The monoisotopic (exact) mass is 356 g/mol. The van der Waals surface area contributed by atoms with Gasteiger partial charge in [-0.2, -0.15) is 0 Å². The number of nitrogens with one attached hydrogen (secondary N) is 2. The second-order valence-electron chi connectivity index (χ2n) is 6.85. The van der Waals surface area contributed by atoms with Crippen LogP contribution in [-0.2, 0) is 11.3 Å². The standard InChI is InChI=1S/C21H25ClN2O/c1-13-10-16(5-8-20(13)22)17-7-9-21(23-3)19-11-15(4-6-18(17)19)12-24-14(2)25/h4-6,8,10-11,17,21,23H,7,9,12H2,1-3H3,(H,24,25)/t17-,21-/m0/s1. The second kappa shape index (κ2) is 7.59. The molecule has 2 N–H and O–H groups in total. The lowest BCUT2D eigenvalue weighted by atomic mass is 9.76. The van der Waals surface area contributed by atoms with Crippen molar-refractivity contribution >= 4 is 17.5 Å². The summed E-state index contributed by atoms with van der Waals surface area (Å²) < 4.78 is 0. The summed E-state index contributed by atoms with van der Waals surface area (Å²) in [6, 6.07) is 13.3. The SMILES string of the molecule is CN[C@H]1CC[C@@H](c2ccc(Cl)c(C)c2)c2ccc(CNC(C)=O)cc21. The van der Waals surface area contributed by atoms with E-state index in [0.29, 0.717) is 18.5 Å². The Morgan fingerprint density at radius 1 is 1.16 bits per heavy atom. The van der Waals surface area contributed by atoms with Crippen LogP contribution in [0, 0.1) is 6.92 Å². The highest BCUT2D eigenvalue weighted by Crippen LogP contribution is 2.42. The summed E-state index contributed by atoms with van der Waals surface area (Å²) in [5, 5.41) is 7.14. The van der Waals surface area contributed by atoms with Crippen molar-refractivity contribution in [2.75, 3.05) is 7.05 Å². The van der Waals surface area contributed by atoms with E-state index >= 15 is 0 Å². The van der Waals surface area contributed by atoms with Crippen molar-refractivity contribution in [3.63, 3.8) is 0 Å². The molecule has 3 nitrogen and oxygen atoms in total. The van der Waals surface area contributed by atoms with Crippen LogP contribution < -0.4 is 10.6 Å². The molecule has 0 aliphatic heterocycles. The Labute approximate surface area is 154 Å². The lowest BCUT2D eigenvalue weighted by molar-refractivity contribution is -0.119. The minimum absolute atomic E-state index is 0.00240. The Morgan fingerprint density at radius 2 is 1.96 bits per heavy atom. The maximum absolute atomic E-state index is 11.2. The number of amides is 1. The zero-order valence-corrected chi connectivity index (χ0v) is 15.8. The third kappa shape index (κ3) is 3.88. The van der Waals surface area contributed by atoms with Crippen LogP contribution in [-0.4, -0.2) is 13.0 Å². The van der Waals surface area contributed by atoms with E-state index in [0.717, 1.165) is 29.0 Å². The number of halogens is 1. The van der Waals surface area contributed by atoms with Crippen LogP contribution in [0.15, 0.2) is 36.4 Å².